The summed E-state index contributed by atoms with van der Waals surface area (Å²) in [5.41, 5.74) is 6.92. The maximum absolute atomic E-state index is 11.7. The van der Waals surface area contributed by atoms with Crippen molar-refractivity contribution < 1.29 is 9.53 Å². The number of hydrogen-bond donors (Lipinski definition) is 1. The summed E-state index contributed by atoms with van der Waals surface area (Å²) in [6, 6.07) is 7.57. The summed E-state index contributed by atoms with van der Waals surface area (Å²) in [5, 5.41) is 0. The van der Waals surface area contributed by atoms with E-state index in [2.05, 4.69) is 13.8 Å². The van der Waals surface area contributed by atoms with Crippen LogP contribution >= 0.6 is 0 Å². The zero-order valence-electron chi connectivity index (χ0n) is 10.1. The lowest BCUT2D eigenvalue weighted by molar-refractivity contribution is 0.0995. The monoisotopic (exact) mass is 221 g/mol. The molecule has 1 aromatic carbocycles. The zero-order chi connectivity index (χ0) is 12.2. The second-order valence-electron chi connectivity index (χ2n) is 4.49. The van der Waals surface area contributed by atoms with Crippen LogP contribution in [-0.2, 0) is 10.2 Å². The summed E-state index contributed by atoms with van der Waals surface area (Å²) in [4.78, 5) is 11.7. The first kappa shape index (κ1) is 12.9. The molecule has 3 nitrogen and oxygen atoms in total. The normalized spacial score (nSPS) is 11.5. The average Bonchev–Trinajstić information content (AvgIpc) is 2.28. The largest absolute Gasteiger partial charge is 0.384 e. The molecule has 16 heavy (non-hydrogen) atoms. The average molecular weight is 221 g/mol. The highest BCUT2D eigenvalue weighted by Gasteiger charge is 2.25. The third kappa shape index (κ3) is 2.68. The molecule has 0 aliphatic heterocycles. The number of rotatable bonds is 5. The van der Waals surface area contributed by atoms with Crippen LogP contribution in [-0.4, -0.2) is 26.0 Å². The molecule has 0 aromatic heterocycles. The Hall–Kier alpha value is -1.19. The maximum Gasteiger partial charge on any atom is 0.176 e. The van der Waals surface area contributed by atoms with Crippen molar-refractivity contribution in [2.75, 3.05) is 20.3 Å². The highest BCUT2D eigenvalue weighted by atomic mass is 16.5. The summed E-state index contributed by atoms with van der Waals surface area (Å²) in [7, 11) is 1.66. The Bertz CT molecular complexity index is 372. The predicted octanol–water partition coefficient (Wildman–Crippen LogP) is 1.75. The number of carbonyl (C=O) groups excluding carboxylic acids is 1. The fourth-order valence-electron chi connectivity index (χ4n) is 1.86. The van der Waals surface area contributed by atoms with Crippen LogP contribution in [0.1, 0.15) is 29.8 Å². The van der Waals surface area contributed by atoms with Gasteiger partial charge in [-0.3, -0.25) is 4.79 Å². The van der Waals surface area contributed by atoms with E-state index in [9.17, 15) is 4.79 Å². The van der Waals surface area contributed by atoms with E-state index >= 15 is 0 Å². The second kappa shape index (κ2) is 5.23. The molecule has 0 unspecified atom stereocenters. The van der Waals surface area contributed by atoms with E-state index in [-0.39, 0.29) is 17.7 Å². The lowest BCUT2D eigenvalue weighted by atomic mass is 9.81. The number of nitrogens with two attached hydrogens (primary N) is 1. The first-order chi connectivity index (χ1) is 7.53. The Balaban J connectivity index is 3.17. The number of ketones is 1. The number of ether oxygens (including phenoxy) is 1. The van der Waals surface area contributed by atoms with Gasteiger partial charge in [-0.05, 0) is 5.56 Å². The summed E-state index contributed by atoms with van der Waals surface area (Å²) >= 11 is 0. The number of Topliss-reactive ketones (excluding diaryl/α,β-unsaturated/α-hetero) is 1. The minimum atomic E-state index is -0.184. The van der Waals surface area contributed by atoms with Gasteiger partial charge in [0.05, 0.1) is 13.2 Å². The Labute approximate surface area is 96.6 Å². The van der Waals surface area contributed by atoms with Crippen LogP contribution in [0.5, 0.6) is 0 Å². The molecule has 0 fully saturated rings. The van der Waals surface area contributed by atoms with Crippen LogP contribution in [0.2, 0.25) is 0 Å². The van der Waals surface area contributed by atoms with Gasteiger partial charge in [-0.2, -0.15) is 0 Å². The third-order valence-corrected chi connectivity index (χ3v) is 2.65. The molecular weight excluding hydrogens is 202 g/mol. The molecule has 0 saturated heterocycles. The molecule has 0 atom stereocenters. The van der Waals surface area contributed by atoms with Crippen LogP contribution < -0.4 is 5.73 Å². The van der Waals surface area contributed by atoms with Gasteiger partial charge in [0.15, 0.2) is 5.78 Å². The second-order valence-corrected chi connectivity index (χ2v) is 4.49. The molecule has 0 radical (unpaired) electrons. The van der Waals surface area contributed by atoms with Crippen LogP contribution in [0.25, 0.3) is 0 Å². The van der Waals surface area contributed by atoms with E-state index in [1.165, 1.54) is 0 Å². The minimum Gasteiger partial charge on any atom is -0.384 e. The van der Waals surface area contributed by atoms with Crippen LogP contribution in [0, 0.1) is 0 Å². The van der Waals surface area contributed by atoms with Gasteiger partial charge in [-0.15, -0.1) is 0 Å². The smallest absolute Gasteiger partial charge is 0.176 e. The maximum atomic E-state index is 11.7. The van der Waals surface area contributed by atoms with Gasteiger partial charge in [0.2, 0.25) is 0 Å². The van der Waals surface area contributed by atoms with Gasteiger partial charge < -0.3 is 10.5 Å². The molecule has 0 spiro atoms. The van der Waals surface area contributed by atoms with Gasteiger partial charge in [-0.25, -0.2) is 0 Å². The van der Waals surface area contributed by atoms with Crippen molar-refractivity contribution in [1.82, 2.24) is 0 Å². The molecule has 2 N–H and O–H groups in total. The van der Waals surface area contributed by atoms with Crippen molar-refractivity contribution in [3.63, 3.8) is 0 Å². The van der Waals surface area contributed by atoms with E-state index in [1.54, 1.807) is 7.11 Å². The molecule has 88 valence electrons. The van der Waals surface area contributed by atoms with Gasteiger partial charge in [0.1, 0.15) is 0 Å². The molecular formula is C13H19NO2. The summed E-state index contributed by atoms with van der Waals surface area (Å²) in [5.74, 6) is -0.0280. The topological polar surface area (TPSA) is 52.3 Å². The zero-order valence-corrected chi connectivity index (χ0v) is 10.1. The van der Waals surface area contributed by atoms with Crippen LogP contribution in [0.15, 0.2) is 24.3 Å². The first-order valence-electron chi connectivity index (χ1n) is 5.34. The van der Waals surface area contributed by atoms with Crippen molar-refractivity contribution in [2.45, 2.75) is 19.3 Å². The van der Waals surface area contributed by atoms with E-state index in [1.807, 2.05) is 24.3 Å². The van der Waals surface area contributed by atoms with E-state index in [0.29, 0.717) is 12.2 Å². The Morgan fingerprint density at radius 3 is 2.56 bits per heavy atom. The van der Waals surface area contributed by atoms with Crippen molar-refractivity contribution in [2.24, 2.45) is 5.73 Å². The molecule has 0 heterocycles. The highest BCUT2D eigenvalue weighted by Crippen LogP contribution is 2.26. The van der Waals surface area contributed by atoms with E-state index in [0.717, 1.165) is 5.56 Å². The number of benzene rings is 1. The predicted molar refractivity (Wildman–Crippen MR) is 64.7 cm³/mol. The lowest BCUT2D eigenvalue weighted by Gasteiger charge is -2.26. The van der Waals surface area contributed by atoms with Gasteiger partial charge in [0.25, 0.3) is 0 Å². The van der Waals surface area contributed by atoms with Crippen LogP contribution in [0.3, 0.4) is 0 Å². The van der Waals surface area contributed by atoms with E-state index in [4.69, 9.17) is 10.5 Å². The van der Waals surface area contributed by atoms with Crippen molar-refractivity contribution in [3.05, 3.63) is 35.4 Å². The van der Waals surface area contributed by atoms with Crippen molar-refractivity contribution in [3.8, 4) is 0 Å². The minimum absolute atomic E-state index is 0.0280. The third-order valence-electron chi connectivity index (χ3n) is 2.65. The molecule has 0 amide bonds. The summed E-state index contributed by atoms with van der Waals surface area (Å²) < 4.78 is 5.19. The van der Waals surface area contributed by atoms with Gasteiger partial charge in [-0.1, -0.05) is 38.1 Å². The Morgan fingerprint density at radius 2 is 2.00 bits per heavy atom. The van der Waals surface area contributed by atoms with Gasteiger partial charge in [0, 0.05) is 18.1 Å². The highest BCUT2D eigenvalue weighted by molar-refractivity contribution is 5.99. The van der Waals surface area contributed by atoms with E-state index < -0.39 is 0 Å². The fourth-order valence-corrected chi connectivity index (χ4v) is 1.86. The van der Waals surface area contributed by atoms with Gasteiger partial charge >= 0.3 is 0 Å². The van der Waals surface area contributed by atoms with Crippen molar-refractivity contribution >= 4 is 5.78 Å². The Kier molecular flexibility index (Phi) is 4.21. The molecule has 0 aliphatic rings. The molecule has 1 rings (SSSR count). The SMILES string of the molecule is COCC(C)(C)c1ccccc1C(=O)CN. The number of hydrogen-bond acceptors (Lipinski definition) is 3. The molecule has 0 saturated carbocycles. The Morgan fingerprint density at radius 1 is 1.38 bits per heavy atom. The summed E-state index contributed by atoms with van der Waals surface area (Å²) in [6.07, 6.45) is 0. The fraction of sp³-hybridized carbons (Fsp3) is 0.462. The number of carbonyl (C=O) groups is 1. The van der Waals surface area contributed by atoms with Crippen LogP contribution in [0.4, 0.5) is 0 Å². The standard InChI is InChI=1S/C13H19NO2/c1-13(2,9-16-3)11-7-5-4-6-10(11)12(15)8-14/h4-7H,8-9,14H2,1-3H3. The number of methoxy groups -OCH3 is 1. The molecule has 1 aromatic rings. The molecule has 0 aliphatic carbocycles. The van der Waals surface area contributed by atoms with Crippen molar-refractivity contribution in [1.29, 1.82) is 0 Å². The molecule has 0 bridgehead atoms. The molecule has 3 heteroatoms. The lowest BCUT2D eigenvalue weighted by Crippen LogP contribution is -2.27. The first-order valence-corrected chi connectivity index (χ1v) is 5.34. The quantitative estimate of drug-likeness (QED) is 0.771. The summed E-state index contributed by atoms with van der Waals surface area (Å²) in [6.45, 7) is 4.72.